The van der Waals surface area contributed by atoms with E-state index in [4.69, 9.17) is 11.6 Å². The molecule has 2 saturated heterocycles. The molecule has 1 aromatic carbocycles. The predicted molar refractivity (Wildman–Crippen MR) is 154 cm³/mol. The Balaban J connectivity index is 1.05. The zero-order valence-corrected chi connectivity index (χ0v) is 24.5. The zero-order valence-electron chi connectivity index (χ0n) is 23.8. The summed E-state index contributed by atoms with van der Waals surface area (Å²) in [7, 11) is 0. The molecule has 0 spiro atoms. The van der Waals surface area contributed by atoms with Crippen LogP contribution < -0.4 is 10.6 Å². The van der Waals surface area contributed by atoms with E-state index in [2.05, 4.69) is 25.7 Å². The average Bonchev–Trinajstić information content (AvgIpc) is 3.60. The molecular weight excluding hydrogens is 601 g/mol. The van der Waals surface area contributed by atoms with Crippen LogP contribution in [0.3, 0.4) is 0 Å². The van der Waals surface area contributed by atoms with Crippen molar-refractivity contribution in [3.8, 4) is 0 Å². The number of amides is 3. The van der Waals surface area contributed by atoms with Crippen molar-refractivity contribution in [1.29, 1.82) is 0 Å². The molecule has 6 rings (SSSR count). The highest BCUT2D eigenvalue weighted by molar-refractivity contribution is 6.34. The van der Waals surface area contributed by atoms with Crippen molar-refractivity contribution >= 4 is 35.0 Å². The lowest BCUT2D eigenvalue weighted by molar-refractivity contribution is -0.142. The SMILES string of the molecule is O=C(Nc1ccc(C(=O)N2CCN(C(=O)[C@@H]3CCCNC3)CC2)c(Cl)c1)c1ncc(Cc2cn(C3CC3)nc2C(F)(F)F)[nH]1. The fraction of sp³-hybridized carbons (Fsp3) is 0.483. The first-order valence-corrected chi connectivity index (χ1v) is 15.0. The Morgan fingerprint density at radius 1 is 1.07 bits per heavy atom. The number of nitrogens with zero attached hydrogens (tertiary/aromatic N) is 5. The Morgan fingerprint density at radius 3 is 2.48 bits per heavy atom. The van der Waals surface area contributed by atoms with E-state index in [0.29, 0.717) is 44.1 Å². The number of hydrogen-bond acceptors (Lipinski definition) is 6. The van der Waals surface area contributed by atoms with Gasteiger partial charge >= 0.3 is 6.18 Å². The summed E-state index contributed by atoms with van der Waals surface area (Å²) in [4.78, 5) is 49.1. The van der Waals surface area contributed by atoms with E-state index in [9.17, 15) is 27.6 Å². The molecule has 1 aliphatic carbocycles. The lowest BCUT2D eigenvalue weighted by Gasteiger charge is -2.37. The maximum atomic E-state index is 13.5. The van der Waals surface area contributed by atoms with Gasteiger partial charge in [0, 0.05) is 68.5 Å². The van der Waals surface area contributed by atoms with Gasteiger partial charge in [-0.25, -0.2) is 4.98 Å². The molecule has 3 N–H and O–H groups in total. The molecule has 15 heteroatoms. The fourth-order valence-electron chi connectivity index (χ4n) is 5.67. The van der Waals surface area contributed by atoms with Gasteiger partial charge in [0.1, 0.15) is 0 Å². The number of alkyl halides is 3. The Labute approximate surface area is 256 Å². The summed E-state index contributed by atoms with van der Waals surface area (Å²) in [6.45, 7) is 3.32. The topological polar surface area (TPSA) is 128 Å². The number of nitrogens with one attached hydrogen (secondary N) is 3. The number of imidazole rings is 1. The van der Waals surface area contributed by atoms with Gasteiger partial charge in [0.15, 0.2) is 11.5 Å². The quantitative estimate of drug-likeness (QED) is 0.364. The van der Waals surface area contributed by atoms with Crippen molar-refractivity contribution in [2.24, 2.45) is 5.92 Å². The number of rotatable bonds is 7. The van der Waals surface area contributed by atoms with E-state index in [1.165, 1.54) is 29.2 Å². The molecule has 234 valence electrons. The normalized spacial score (nSPS) is 19.2. The lowest BCUT2D eigenvalue weighted by atomic mass is 9.98. The Morgan fingerprint density at radius 2 is 1.82 bits per heavy atom. The average molecular weight is 633 g/mol. The Hall–Kier alpha value is -3.91. The van der Waals surface area contributed by atoms with Crippen LogP contribution in [0.1, 0.15) is 69.7 Å². The van der Waals surface area contributed by atoms with Gasteiger partial charge in [-0.15, -0.1) is 0 Å². The number of aromatic amines is 1. The minimum absolute atomic E-state index is 0.00146. The van der Waals surface area contributed by atoms with Gasteiger partial charge in [0.25, 0.3) is 11.8 Å². The van der Waals surface area contributed by atoms with Gasteiger partial charge in [-0.1, -0.05) is 11.6 Å². The minimum atomic E-state index is -4.59. The molecule has 0 unspecified atom stereocenters. The zero-order chi connectivity index (χ0) is 31.0. The van der Waals surface area contributed by atoms with Crippen LogP contribution in [-0.4, -0.2) is 86.5 Å². The molecule has 3 aromatic rings. The van der Waals surface area contributed by atoms with Gasteiger partial charge in [0.2, 0.25) is 5.91 Å². The summed E-state index contributed by atoms with van der Waals surface area (Å²) < 4.78 is 42.0. The molecule has 3 amide bonds. The van der Waals surface area contributed by atoms with Crippen molar-refractivity contribution in [2.75, 3.05) is 44.6 Å². The number of piperidine rings is 1. The number of aromatic nitrogens is 4. The summed E-state index contributed by atoms with van der Waals surface area (Å²) in [5, 5.41) is 9.80. The molecule has 4 heterocycles. The lowest BCUT2D eigenvalue weighted by Crippen LogP contribution is -2.53. The molecule has 1 saturated carbocycles. The smallest absolute Gasteiger partial charge is 0.339 e. The Kier molecular flexibility index (Phi) is 8.38. The summed E-state index contributed by atoms with van der Waals surface area (Å²) in [5.41, 5.74) is -0.0279. The monoisotopic (exact) mass is 632 g/mol. The molecule has 0 bridgehead atoms. The van der Waals surface area contributed by atoms with E-state index in [1.807, 2.05) is 4.90 Å². The van der Waals surface area contributed by atoms with Gasteiger partial charge in [-0.3, -0.25) is 19.1 Å². The third-order valence-electron chi connectivity index (χ3n) is 8.20. The number of carbonyl (C=O) groups is 3. The largest absolute Gasteiger partial charge is 0.435 e. The number of anilines is 1. The van der Waals surface area contributed by atoms with Crippen LogP contribution in [0.2, 0.25) is 5.02 Å². The van der Waals surface area contributed by atoms with E-state index in [0.717, 1.165) is 32.2 Å². The minimum Gasteiger partial charge on any atom is -0.339 e. The molecule has 3 aliphatic rings. The highest BCUT2D eigenvalue weighted by Crippen LogP contribution is 2.38. The van der Waals surface area contributed by atoms with Crippen molar-refractivity contribution in [3.05, 3.63) is 64.0 Å². The Bertz CT molecular complexity index is 1550. The molecule has 2 aromatic heterocycles. The van der Waals surface area contributed by atoms with Crippen LogP contribution in [0, 0.1) is 5.92 Å². The second kappa shape index (κ2) is 12.2. The van der Waals surface area contributed by atoms with Crippen LogP contribution >= 0.6 is 11.6 Å². The number of hydrogen-bond donors (Lipinski definition) is 3. The molecule has 11 nitrogen and oxygen atoms in total. The van der Waals surface area contributed by atoms with Gasteiger partial charge in [0.05, 0.1) is 22.5 Å². The number of piperazine rings is 1. The molecular formula is C29H32ClF3N8O3. The molecule has 1 atom stereocenters. The van der Waals surface area contributed by atoms with Crippen molar-refractivity contribution in [2.45, 2.75) is 44.3 Å². The number of halogens is 4. The first-order valence-electron chi connectivity index (χ1n) is 14.7. The standard InChI is InChI=1S/C29H32ClF3N8O3/c30-23-13-19(3-6-22(23)28(44)40-10-8-39(9-11-40)27(43)17-2-1-7-34-14-17)37-26(42)25-35-15-20(36-25)12-18-16-41(21-4-5-21)38-24(18)29(31,32)33/h3,6,13,15-17,21,34H,1-2,4-5,7-12,14H2,(H,35,36)(H,37,42)/t17-/m1/s1. The number of carbonyl (C=O) groups excluding carboxylic acids is 3. The first kappa shape index (κ1) is 30.1. The van der Waals surface area contributed by atoms with Crippen LogP contribution in [0.5, 0.6) is 0 Å². The first-order chi connectivity index (χ1) is 21.1. The van der Waals surface area contributed by atoms with Crippen molar-refractivity contribution < 1.29 is 27.6 Å². The predicted octanol–water partition coefficient (Wildman–Crippen LogP) is 3.74. The summed E-state index contributed by atoms with van der Waals surface area (Å²) in [6, 6.07) is 4.51. The third kappa shape index (κ3) is 6.60. The third-order valence-corrected chi connectivity index (χ3v) is 8.52. The highest BCUT2D eigenvalue weighted by atomic mass is 35.5. The second-order valence-electron chi connectivity index (χ2n) is 11.5. The molecule has 2 aliphatic heterocycles. The summed E-state index contributed by atoms with van der Waals surface area (Å²) in [5.74, 6) is -0.865. The maximum Gasteiger partial charge on any atom is 0.435 e. The van der Waals surface area contributed by atoms with E-state index in [-0.39, 0.29) is 52.2 Å². The van der Waals surface area contributed by atoms with Gasteiger partial charge < -0.3 is 25.4 Å². The van der Waals surface area contributed by atoms with Crippen LogP contribution in [-0.2, 0) is 17.4 Å². The number of H-pyrrole nitrogens is 1. The fourth-order valence-corrected chi connectivity index (χ4v) is 5.93. The van der Waals surface area contributed by atoms with E-state index in [1.54, 1.807) is 11.0 Å². The second-order valence-corrected chi connectivity index (χ2v) is 11.9. The maximum absolute atomic E-state index is 13.5. The van der Waals surface area contributed by atoms with Crippen LogP contribution in [0.25, 0.3) is 0 Å². The highest BCUT2D eigenvalue weighted by Gasteiger charge is 2.39. The van der Waals surface area contributed by atoms with Crippen molar-refractivity contribution in [1.82, 2.24) is 34.9 Å². The summed E-state index contributed by atoms with van der Waals surface area (Å²) >= 11 is 6.43. The molecule has 44 heavy (non-hydrogen) atoms. The van der Waals surface area contributed by atoms with Gasteiger partial charge in [-0.2, -0.15) is 18.3 Å². The molecule has 3 fully saturated rings. The van der Waals surface area contributed by atoms with E-state index < -0.39 is 17.8 Å². The van der Waals surface area contributed by atoms with Gasteiger partial charge in [-0.05, 0) is 50.4 Å². The molecule has 0 radical (unpaired) electrons. The van der Waals surface area contributed by atoms with Crippen LogP contribution in [0.15, 0.2) is 30.6 Å². The van der Waals surface area contributed by atoms with Crippen molar-refractivity contribution in [3.63, 3.8) is 0 Å². The number of benzene rings is 1. The van der Waals surface area contributed by atoms with Crippen LogP contribution in [0.4, 0.5) is 18.9 Å². The summed E-state index contributed by atoms with van der Waals surface area (Å²) in [6.07, 6.45) is 1.45. The van der Waals surface area contributed by atoms with E-state index >= 15 is 0 Å².